The monoisotopic (exact) mass is 457 g/mol. The molecule has 0 bridgehead atoms. The van der Waals surface area contributed by atoms with Gasteiger partial charge in [-0.1, -0.05) is 62.3 Å². The lowest BCUT2D eigenvalue weighted by atomic mass is 9.94. The summed E-state index contributed by atoms with van der Waals surface area (Å²) in [4.78, 5) is 15.6. The summed E-state index contributed by atoms with van der Waals surface area (Å²) in [5.74, 6) is 1.37. The van der Waals surface area contributed by atoms with Crippen molar-refractivity contribution in [3.05, 3.63) is 68.6 Å². The Morgan fingerprint density at radius 2 is 1.70 bits per heavy atom. The van der Waals surface area contributed by atoms with E-state index in [4.69, 9.17) is 14.2 Å². The number of pyridine rings is 1. The summed E-state index contributed by atoms with van der Waals surface area (Å²) in [6, 6.07) is 0. The fourth-order valence-electron chi connectivity index (χ4n) is 4.02. The van der Waals surface area contributed by atoms with Crippen LogP contribution in [0.5, 0.6) is 11.6 Å². The Hall–Kier alpha value is -2.53. The van der Waals surface area contributed by atoms with E-state index in [1.807, 2.05) is 0 Å². The zero-order chi connectivity index (χ0) is 25.1. The van der Waals surface area contributed by atoms with Crippen LogP contribution < -0.4 is 14.9 Å². The van der Waals surface area contributed by atoms with Gasteiger partial charge in [-0.15, -0.1) is 0 Å². The number of allylic oxidation sites excluding steroid dienone is 6. The number of nitrogens with one attached hydrogen (secondary N) is 1. The normalized spacial score (nSPS) is 15.3. The molecule has 1 N–H and O–H groups in total. The van der Waals surface area contributed by atoms with Gasteiger partial charge in [-0.2, -0.15) is 0 Å². The summed E-state index contributed by atoms with van der Waals surface area (Å²) in [5.41, 5.74) is 5.06. The molecule has 5 heteroatoms. The first kappa shape index (κ1) is 28.5. The number of aromatic nitrogens is 1. The first-order valence-corrected chi connectivity index (χ1v) is 11.6. The van der Waals surface area contributed by atoms with Crippen LogP contribution in [0.1, 0.15) is 59.2 Å². The summed E-state index contributed by atoms with van der Waals surface area (Å²) in [6.07, 6.45) is 12.6. The highest BCUT2D eigenvalue weighted by molar-refractivity contribution is 5.40. The first-order chi connectivity index (χ1) is 15.5. The first-order valence-electron chi connectivity index (χ1n) is 11.6. The van der Waals surface area contributed by atoms with E-state index < -0.39 is 0 Å². The van der Waals surface area contributed by atoms with Gasteiger partial charge in [0.25, 0.3) is 0 Å². The Morgan fingerprint density at radius 1 is 1.03 bits per heavy atom. The van der Waals surface area contributed by atoms with Crippen LogP contribution in [0.2, 0.25) is 0 Å². The molecule has 0 aliphatic carbocycles. The van der Waals surface area contributed by atoms with Crippen LogP contribution in [0.15, 0.2) is 51.9 Å². The minimum absolute atomic E-state index is 0.0873. The molecular formula is C28H43NO4. The van der Waals surface area contributed by atoms with E-state index in [1.165, 1.54) is 30.9 Å². The maximum absolute atomic E-state index is 12.5. The molecule has 1 aromatic heterocycles. The topological polar surface area (TPSA) is 60.5 Å². The van der Waals surface area contributed by atoms with Crippen LogP contribution in [0.4, 0.5) is 0 Å². The Bertz CT molecular complexity index is 947. The lowest BCUT2D eigenvalue weighted by Crippen LogP contribution is -2.21. The summed E-state index contributed by atoms with van der Waals surface area (Å²) >= 11 is 0. The SMILES string of the molecule is COc1[nH]c(CC=C(C)CC=CC(C)=CC(C)C(OC)C(C)=CC(C)C)c(C)c(=O)c1OC. The van der Waals surface area contributed by atoms with Crippen molar-refractivity contribution in [3.63, 3.8) is 0 Å². The fourth-order valence-corrected chi connectivity index (χ4v) is 4.02. The van der Waals surface area contributed by atoms with Gasteiger partial charge in [0.05, 0.1) is 20.3 Å². The second-order valence-electron chi connectivity index (χ2n) is 9.07. The maximum atomic E-state index is 12.5. The van der Waals surface area contributed by atoms with Crippen molar-refractivity contribution >= 4 is 0 Å². The van der Waals surface area contributed by atoms with Crippen molar-refractivity contribution in [1.82, 2.24) is 4.98 Å². The third-order valence-electron chi connectivity index (χ3n) is 5.66. The molecule has 5 nitrogen and oxygen atoms in total. The standard InChI is InChI=1S/C28H43NO4/c1-18(2)16-21(5)26(31-8)22(6)17-20(4)13-11-12-19(3)14-15-24-23(7)25(30)27(32-9)28(29-24)33-10/h11,13-14,16-18,22,26H,12,15H2,1-10H3,(H,29,30). The molecule has 2 unspecified atom stereocenters. The number of hydrogen-bond acceptors (Lipinski definition) is 4. The largest absolute Gasteiger partial charge is 0.488 e. The number of aromatic amines is 1. The molecule has 0 amide bonds. The highest BCUT2D eigenvalue weighted by Gasteiger charge is 2.17. The van der Waals surface area contributed by atoms with Gasteiger partial charge in [0, 0.05) is 30.7 Å². The van der Waals surface area contributed by atoms with E-state index in [1.54, 1.807) is 14.0 Å². The Kier molecular flexibility index (Phi) is 12.0. The highest BCUT2D eigenvalue weighted by atomic mass is 16.5. The number of H-pyrrole nitrogens is 1. The van der Waals surface area contributed by atoms with E-state index in [0.29, 0.717) is 23.8 Å². The molecular weight excluding hydrogens is 414 g/mol. The maximum Gasteiger partial charge on any atom is 0.238 e. The van der Waals surface area contributed by atoms with Gasteiger partial charge in [0.2, 0.25) is 17.1 Å². The van der Waals surface area contributed by atoms with Gasteiger partial charge in [-0.25, -0.2) is 0 Å². The Balaban J connectivity index is 2.83. The molecule has 0 spiro atoms. The second-order valence-corrected chi connectivity index (χ2v) is 9.07. The quantitative estimate of drug-likeness (QED) is 0.294. The van der Waals surface area contributed by atoms with Crippen molar-refractivity contribution < 1.29 is 14.2 Å². The van der Waals surface area contributed by atoms with Crippen LogP contribution in [0.25, 0.3) is 0 Å². The molecule has 0 aliphatic heterocycles. The predicted octanol–water partition coefficient (Wildman–Crippen LogP) is 6.34. The molecule has 33 heavy (non-hydrogen) atoms. The zero-order valence-electron chi connectivity index (χ0n) is 22.2. The molecule has 2 atom stereocenters. The van der Waals surface area contributed by atoms with Crippen LogP contribution >= 0.6 is 0 Å². The van der Waals surface area contributed by atoms with E-state index in [0.717, 1.165) is 12.1 Å². The minimum Gasteiger partial charge on any atom is -0.488 e. The smallest absolute Gasteiger partial charge is 0.238 e. The van der Waals surface area contributed by atoms with E-state index in [9.17, 15) is 4.79 Å². The summed E-state index contributed by atoms with van der Waals surface area (Å²) < 4.78 is 16.2. The fraction of sp³-hybridized carbons (Fsp3) is 0.536. The molecule has 184 valence electrons. The number of methoxy groups -OCH3 is 3. The number of hydrogen-bond donors (Lipinski definition) is 1. The molecule has 0 aromatic carbocycles. The van der Waals surface area contributed by atoms with Gasteiger partial charge in [-0.05, 0) is 45.6 Å². The minimum atomic E-state index is -0.142. The molecule has 0 fully saturated rings. The van der Waals surface area contributed by atoms with Crippen LogP contribution in [-0.4, -0.2) is 32.4 Å². The van der Waals surface area contributed by atoms with Crippen LogP contribution in [-0.2, 0) is 11.2 Å². The lowest BCUT2D eigenvalue weighted by molar-refractivity contribution is 0.103. The second kappa shape index (κ2) is 13.9. The average Bonchev–Trinajstić information content (AvgIpc) is 2.74. The van der Waals surface area contributed by atoms with Gasteiger partial charge >= 0.3 is 0 Å². The van der Waals surface area contributed by atoms with Crippen molar-refractivity contribution in [1.29, 1.82) is 0 Å². The van der Waals surface area contributed by atoms with Gasteiger partial charge in [0.1, 0.15) is 0 Å². The highest BCUT2D eigenvalue weighted by Crippen LogP contribution is 2.23. The van der Waals surface area contributed by atoms with Crippen LogP contribution in [0.3, 0.4) is 0 Å². The Labute approximate surface area is 200 Å². The average molecular weight is 458 g/mol. The molecule has 0 saturated heterocycles. The summed E-state index contributed by atoms with van der Waals surface area (Å²) in [7, 11) is 4.77. The zero-order valence-corrected chi connectivity index (χ0v) is 22.2. The van der Waals surface area contributed by atoms with Gasteiger partial charge in [-0.3, -0.25) is 4.79 Å². The third-order valence-corrected chi connectivity index (χ3v) is 5.66. The lowest BCUT2D eigenvalue weighted by Gasteiger charge is -2.22. The molecule has 0 saturated carbocycles. The Morgan fingerprint density at radius 3 is 2.24 bits per heavy atom. The number of ether oxygens (including phenoxy) is 3. The molecule has 0 radical (unpaired) electrons. The summed E-state index contributed by atoms with van der Waals surface area (Å²) in [6.45, 7) is 14.7. The van der Waals surface area contributed by atoms with Gasteiger partial charge < -0.3 is 19.2 Å². The predicted molar refractivity (Wildman–Crippen MR) is 138 cm³/mol. The van der Waals surface area contributed by atoms with E-state index >= 15 is 0 Å². The summed E-state index contributed by atoms with van der Waals surface area (Å²) in [5, 5.41) is 0. The van der Waals surface area contributed by atoms with E-state index in [2.05, 4.69) is 76.9 Å². The molecule has 0 aliphatic rings. The van der Waals surface area contributed by atoms with Crippen molar-refractivity contribution in [3.8, 4) is 11.6 Å². The van der Waals surface area contributed by atoms with E-state index in [-0.39, 0.29) is 23.2 Å². The van der Waals surface area contributed by atoms with Crippen molar-refractivity contribution in [2.75, 3.05) is 21.3 Å². The molecule has 1 heterocycles. The molecule has 1 aromatic rings. The third kappa shape index (κ3) is 8.73. The van der Waals surface area contributed by atoms with Crippen molar-refractivity contribution in [2.24, 2.45) is 11.8 Å². The van der Waals surface area contributed by atoms with Crippen molar-refractivity contribution in [2.45, 2.75) is 67.4 Å². The molecule has 1 rings (SSSR count). The van der Waals surface area contributed by atoms with Gasteiger partial charge in [0.15, 0.2) is 0 Å². The number of rotatable bonds is 12. The van der Waals surface area contributed by atoms with Crippen LogP contribution in [0, 0.1) is 18.8 Å².